The van der Waals surface area contributed by atoms with Crippen molar-refractivity contribution in [3.63, 3.8) is 0 Å². The first-order valence-electron chi connectivity index (χ1n) is 10.5. The van der Waals surface area contributed by atoms with Crippen LogP contribution in [-0.2, 0) is 19.7 Å². The number of amides is 1. The monoisotopic (exact) mass is 482 g/mol. The lowest BCUT2D eigenvalue weighted by Gasteiger charge is -2.35. The maximum Gasteiger partial charge on any atom is 0.293 e. The molecule has 1 saturated heterocycles. The number of nitrogens with zero attached hydrogens (tertiary/aromatic N) is 2. The summed E-state index contributed by atoms with van der Waals surface area (Å²) in [7, 11) is -3.57. The second kappa shape index (κ2) is 11.5. The van der Waals surface area contributed by atoms with Crippen molar-refractivity contribution in [1.29, 1.82) is 0 Å². The third-order valence-corrected chi connectivity index (χ3v) is 6.97. The number of nitrogens with two attached hydrogens (primary N) is 1. The van der Waals surface area contributed by atoms with E-state index in [1.165, 1.54) is 10.5 Å². The smallest absolute Gasteiger partial charge is 0.293 e. The zero-order valence-electron chi connectivity index (χ0n) is 17.8. The third-order valence-electron chi connectivity index (χ3n) is 5.16. The van der Waals surface area contributed by atoms with Crippen LogP contribution in [0.1, 0.15) is 19.3 Å². The van der Waals surface area contributed by atoms with Crippen molar-refractivity contribution in [1.82, 2.24) is 13.9 Å². The first-order chi connectivity index (χ1) is 15.4. The average Bonchev–Trinajstić information content (AvgIpc) is 2.76. The second-order valence-corrected chi connectivity index (χ2v) is 9.59. The van der Waals surface area contributed by atoms with Crippen molar-refractivity contribution in [3.8, 4) is 0 Å². The van der Waals surface area contributed by atoms with Gasteiger partial charge in [0, 0.05) is 43.4 Å². The van der Waals surface area contributed by atoms with E-state index >= 15 is 0 Å². The molecule has 1 aromatic rings. The molecule has 0 atom stereocenters. The van der Waals surface area contributed by atoms with E-state index in [1.54, 1.807) is 24.3 Å². The van der Waals surface area contributed by atoms with Gasteiger partial charge in [0.05, 0.1) is 6.61 Å². The number of nitrogens with one attached hydrogen (secondary N) is 2. The van der Waals surface area contributed by atoms with Gasteiger partial charge in [-0.2, -0.15) is 17.4 Å². The molecule has 174 valence electrons. The second-order valence-electron chi connectivity index (χ2n) is 7.40. The lowest BCUT2D eigenvalue weighted by atomic mass is 10.2. The van der Waals surface area contributed by atoms with Gasteiger partial charge in [0.2, 0.25) is 5.76 Å². The van der Waals surface area contributed by atoms with Crippen LogP contribution in [0, 0.1) is 0 Å². The predicted octanol–water partition coefficient (Wildman–Crippen LogP) is 0.529. The van der Waals surface area contributed by atoms with Crippen molar-refractivity contribution in [2.75, 3.05) is 44.6 Å². The normalized spacial score (nSPS) is 23.8. The largest absolute Gasteiger partial charge is 0.486 e. The van der Waals surface area contributed by atoms with Gasteiger partial charge in [0.1, 0.15) is 5.70 Å². The molecule has 0 aliphatic carbocycles. The lowest BCUT2D eigenvalue weighted by molar-refractivity contribution is -0.117. The average molecular weight is 483 g/mol. The lowest BCUT2D eigenvalue weighted by Crippen LogP contribution is -2.53. The number of halogens is 1. The fraction of sp³-hybridized carbons (Fsp3) is 0.429. The zero-order valence-corrected chi connectivity index (χ0v) is 19.4. The zero-order chi connectivity index (χ0) is 23.0. The number of ether oxygens (including phenoxy) is 1. The van der Waals surface area contributed by atoms with Crippen molar-refractivity contribution in [2.24, 2.45) is 0 Å². The minimum Gasteiger partial charge on any atom is -0.486 e. The molecule has 0 radical (unpaired) electrons. The van der Waals surface area contributed by atoms with Gasteiger partial charge in [0.15, 0.2) is 6.21 Å². The SMILES string of the molecule is [NH2+]=C/C1=C(\C(=O)Nc2cccc(Cl)c2)OCCCC/C=C/CNS(=O)(=O)N2CCN1CC2. The number of hydrogen-bond acceptors (Lipinski definition) is 5. The number of fused-ring (bicyclic) bond motifs is 11. The Morgan fingerprint density at radius 2 is 1.97 bits per heavy atom. The standard InChI is InChI=1S/C21H28ClN5O4S/c22-17-7-6-8-18(15-17)25-21(28)20-19(16-23)26-10-12-27(13-11-26)32(29,30)24-9-4-2-1-3-5-14-31-20/h2,4,6-8,15-16,23-24H,1,3,5,9-14H2,(H,25,28)/p+1/b4-2+,20-19-,23-16?. The minimum atomic E-state index is -3.57. The number of anilines is 1. The number of carbonyl (C=O) groups excluding carboxylic acids is 1. The van der Waals surface area contributed by atoms with Crippen LogP contribution < -0.4 is 15.4 Å². The number of piperazine rings is 1. The predicted molar refractivity (Wildman–Crippen MR) is 124 cm³/mol. The summed E-state index contributed by atoms with van der Waals surface area (Å²) < 4.78 is 35.0. The Bertz CT molecular complexity index is 988. The number of allylic oxidation sites excluding steroid dienone is 2. The van der Waals surface area contributed by atoms with Crippen molar-refractivity contribution >= 4 is 39.6 Å². The van der Waals surface area contributed by atoms with Crippen molar-refractivity contribution in [3.05, 3.63) is 52.9 Å². The molecule has 4 N–H and O–H groups in total. The molecule has 3 aliphatic rings. The molecule has 0 saturated carbocycles. The van der Waals surface area contributed by atoms with Crippen molar-refractivity contribution in [2.45, 2.75) is 19.3 Å². The molecule has 1 amide bonds. The first-order valence-corrected chi connectivity index (χ1v) is 12.4. The van der Waals surface area contributed by atoms with Gasteiger partial charge in [-0.05, 0) is 37.5 Å². The van der Waals surface area contributed by atoms with E-state index in [1.807, 2.05) is 17.1 Å². The van der Waals surface area contributed by atoms with E-state index in [2.05, 4.69) is 10.0 Å². The summed E-state index contributed by atoms with van der Waals surface area (Å²) in [4.78, 5) is 15.0. The number of hydrogen-bond donors (Lipinski definition) is 3. The van der Waals surface area contributed by atoms with Gasteiger partial charge >= 0.3 is 0 Å². The van der Waals surface area contributed by atoms with Crippen LogP contribution in [0.3, 0.4) is 0 Å². The number of carbonyl (C=O) groups is 1. The van der Waals surface area contributed by atoms with E-state index in [0.29, 0.717) is 36.1 Å². The van der Waals surface area contributed by atoms with Gasteiger partial charge in [-0.1, -0.05) is 29.8 Å². The minimum absolute atomic E-state index is 0.101. The fourth-order valence-electron chi connectivity index (χ4n) is 3.49. The first kappa shape index (κ1) is 24.2. The summed E-state index contributed by atoms with van der Waals surface area (Å²) >= 11 is 6.03. The molecule has 0 unspecified atom stereocenters. The maximum absolute atomic E-state index is 13.1. The van der Waals surface area contributed by atoms with E-state index < -0.39 is 16.1 Å². The van der Waals surface area contributed by atoms with Gasteiger partial charge in [-0.25, -0.2) is 0 Å². The number of rotatable bonds is 3. The Morgan fingerprint density at radius 1 is 1.19 bits per heavy atom. The summed E-state index contributed by atoms with van der Waals surface area (Å²) in [6.45, 7) is 1.89. The van der Waals surface area contributed by atoms with Crippen LogP contribution in [-0.4, -0.2) is 69.1 Å². The molecule has 0 aromatic heterocycles. The Kier molecular flexibility index (Phi) is 8.68. The van der Waals surface area contributed by atoms with E-state index in [0.717, 1.165) is 19.3 Å². The van der Waals surface area contributed by atoms with Gasteiger partial charge in [-0.15, -0.1) is 0 Å². The van der Waals surface area contributed by atoms with Crippen LogP contribution >= 0.6 is 11.6 Å². The molecule has 2 bridgehead atoms. The molecule has 1 aromatic carbocycles. The fourth-order valence-corrected chi connectivity index (χ4v) is 4.81. The summed E-state index contributed by atoms with van der Waals surface area (Å²) in [5.74, 6) is -0.341. The summed E-state index contributed by atoms with van der Waals surface area (Å²) in [6.07, 6.45) is 7.44. The molecule has 0 spiro atoms. The molecule has 3 aliphatic heterocycles. The van der Waals surface area contributed by atoms with Crippen LogP contribution in [0.2, 0.25) is 5.02 Å². The molecular weight excluding hydrogens is 454 g/mol. The summed E-state index contributed by atoms with van der Waals surface area (Å²) in [5.41, 5.74) is 0.968. The third kappa shape index (κ3) is 6.55. The van der Waals surface area contributed by atoms with E-state index in [4.69, 9.17) is 21.7 Å². The molecule has 32 heavy (non-hydrogen) atoms. The topological polar surface area (TPSA) is 117 Å². The molecule has 3 heterocycles. The van der Waals surface area contributed by atoms with Crippen LogP contribution in [0.4, 0.5) is 5.69 Å². The summed E-state index contributed by atoms with van der Waals surface area (Å²) in [5, 5.41) is 9.21. The van der Waals surface area contributed by atoms with Crippen LogP contribution in [0.15, 0.2) is 47.9 Å². The van der Waals surface area contributed by atoms with Gasteiger partial charge < -0.3 is 15.0 Å². The highest BCUT2D eigenvalue weighted by Gasteiger charge is 2.30. The van der Waals surface area contributed by atoms with Gasteiger partial charge in [-0.3, -0.25) is 10.2 Å². The quantitative estimate of drug-likeness (QED) is 0.429. The van der Waals surface area contributed by atoms with E-state index in [-0.39, 0.29) is 25.4 Å². The Balaban J connectivity index is 1.86. The maximum atomic E-state index is 13.1. The van der Waals surface area contributed by atoms with Crippen LogP contribution in [0.5, 0.6) is 0 Å². The molecule has 9 nitrogen and oxygen atoms in total. The Hall–Kier alpha value is -2.40. The highest BCUT2D eigenvalue weighted by molar-refractivity contribution is 7.87. The highest BCUT2D eigenvalue weighted by atomic mass is 35.5. The highest BCUT2D eigenvalue weighted by Crippen LogP contribution is 2.19. The Labute approximate surface area is 193 Å². The van der Waals surface area contributed by atoms with Crippen LogP contribution in [0.25, 0.3) is 0 Å². The molecular formula is C21H29ClN5O4S+. The van der Waals surface area contributed by atoms with Crippen molar-refractivity contribution < 1.29 is 23.4 Å². The Morgan fingerprint density at radius 3 is 2.69 bits per heavy atom. The molecule has 4 rings (SSSR count). The van der Waals surface area contributed by atoms with E-state index in [9.17, 15) is 13.2 Å². The molecule has 11 heteroatoms. The number of benzene rings is 1. The summed E-state index contributed by atoms with van der Waals surface area (Å²) in [6, 6.07) is 6.83. The van der Waals surface area contributed by atoms with Gasteiger partial charge in [0.25, 0.3) is 16.1 Å². The molecule has 1 fully saturated rings.